The van der Waals surface area contributed by atoms with Gasteiger partial charge in [-0.15, -0.1) is 0 Å². The van der Waals surface area contributed by atoms with Gasteiger partial charge in [-0.2, -0.15) is 5.10 Å². The Morgan fingerprint density at radius 2 is 2.17 bits per heavy atom. The molecule has 2 nitrogen and oxygen atoms in total. The Balaban J connectivity index is 2.63. The van der Waals surface area contributed by atoms with Crippen LogP contribution in [0.2, 0.25) is 0 Å². The van der Waals surface area contributed by atoms with E-state index in [0.29, 0.717) is 11.3 Å². The number of aryl methyl sites for hydroxylation is 1. The van der Waals surface area contributed by atoms with Crippen molar-refractivity contribution in [2.24, 2.45) is 10.9 Å². The number of nitrogens with two attached hydrogens (primary N) is 1. The first-order valence-corrected chi connectivity index (χ1v) is 3.87. The molecule has 0 aromatic heterocycles. The molecule has 0 saturated heterocycles. The number of hydrazone groups is 1. The lowest BCUT2D eigenvalue weighted by Gasteiger charge is -1.99. The molecule has 62 valence electrons. The number of hydrogen-bond donors (Lipinski definition) is 1. The summed E-state index contributed by atoms with van der Waals surface area (Å²) in [5, 5.41) is 3.57. The average molecular weight is 164 g/mol. The molecule has 0 amide bonds. The summed E-state index contributed by atoms with van der Waals surface area (Å²) >= 11 is 0. The van der Waals surface area contributed by atoms with Crippen molar-refractivity contribution in [1.29, 1.82) is 0 Å². The third-order valence-corrected chi connectivity index (χ3v) is 2.18. The standard InChI is InChI=1S/C9H9FN2/c10-7-3-1-2-6-4-5-8(12-11)9(6)7/h1-3H,4-5,11H2/b12-8+. The van der Waals surface area contributed by atoms with Gasteiger partial charge in [0.05, 0.1) is 5.71 Å². The van der Waals surface area contributed by atoms with Crippen LogP contribution in [0.4, 0.5) is 4.39 Å². The maximum atomic E-state index is 13.2. The van der Waals surface area contributed by atoms with E-state index in [2.05, 4.69) is 5.10 Å². The Hall–Kier alpha value is -1.38. The molecule has 12 heavy (non-hydrogen) atoms. The van der Waals surface area contributed by atoms with Gasteiger partial charge in [0.1, 0.15) is 5.82 Å². The topological polar surface area (TPSA) is 38.4 Å². The van der Waals surface area contributed by atoms with Gasteiger partial charge < -0.3 is 5.84 Å². The van der Waals surface area contributed by atoms with Crippen LogP contribution in [-0.2, 0) is 6.42 Å². The number of rotatable bonds is 0. The van der Waals surface area contributed by atoms with Gasteiger partial charge in [0, 0.05) is 5.56 Å². The molecule has 0 unspecified atom stereocenters. The van der Waals surface area contributed by atoms with Gasteiger partial charge in [0.15, 0.2) is 0 Å². The summed E-state index contributed by atoms with van der Waals surface area (Å²) < 4.78 is 13.2. The van der Waals surface area contributed by atoms with Crippen LogP contribution in [0, 0.1) is 5.82 Å². The van der Waals surface area contributed by atoms with Crippen molar-refractivity contribution in [3.8, 4) is 0 Å². The van der Waals surface area contributed by atoms with Crippen molar-refractivity contribution in [2.45, 2.75) is 12.8 Å². The van der Waals surface area contributed by atoms with Gasteiger partial charge in [-0.3, -0.25) is 0 Å². The van der Waals surface area contributed by atoms with Crippen LogP contribution in [0.25, 0.3) is 0 Å². The van der Waals surface area contributed by atoms with Crippen LogP contribution in [-0.4, -0.2) is 5.71 Å². The lowest BCUT2D eigenvalue weighted by atomic mass is 10.1. The summed E-state index contributed by atoms with van der Waals surface area (Å²) in [4.78, 5) is 0. The largest absolute Gasteiger partial charge is 0.323 e. The Morgan fingerprint density at radius 1 is 1.33 bits per heavy atom. The third-order valence-electron chi connectivity index (χ3n) is 2.18. The smallest absolute Gasteiger partial charge is 0.132 e. The van der Waals surface area contributed by atoms with Gasteiger partial charge in [-0.25, -0.2) is 4.39 Å². The minimum atomic E-state index is -0.214. The monoisotopic (exact) mass is 164 g/mol. The molecule has 0 atom stereocenters. The zero-order chi connectivity index (χ0) is 8.55. The van der Waals surface area contributed by atoms with Crippen LogP contribution in [0.15, 0.2) is 23.3 Å². The molecule has 0 aliphatic heterocycles. The first-order chi connectivity index (χ1) is 5.83. The quantitative estimate of drug-likeness (QED) is 0.457. The van der Waals surface area contributed by atoms with E-state index in [4.69, 9.17) is 5.84 Å². The fourth-order valence-electron chi connectivity index (χ4n) is 1.61. The molecule has 2 rings (SSSR count). The molecule has 1 aliphatic carbocycles. The van der Waals surface area contributed by atoms with Crippen LogP contribution in [0.1, 0.15) is 17.5 Å². The maximum absolute atomic E-state index is 13.2. The van der Waals surface area contributed by atoms with E-state index in [-0.39, 0.29) is 5.82 Å². The van der Waals surface area contributed by atoms with Gasteiger partial charge >= 0.3 is 0 Å². The fourth-order valence-corrected chi connectivity index (χ4v) is 1.61. The minimum Gasteiger partial charge on any atom is -0.323 e. The zero-order valence-electron chi connectivity index (χ0n) is 6.55. The van der Waals surface area contributed by atoms with Crippen molar-refractivity contribution in [3.63, 3.8) is 0 Å². The van der Waals surface area contributed by atoms with Crippen LogP contribution in [0.5, 0.6) is 0 Å². The van der Waals surface area contributed by atoms with Gasteiger partial charge in [0.2, 0.25) is 0 Å². The van der Waals surface area contributed by atoms with Crippen molar-refractivity contribution < 1.29 is 4.39 Å². The van der Waals surface area contributed by atoms with E-state index in [1.807, 2.05) is 6.07 Å². The lowest BCUT2D eigenvalue weighted by molar-refractivity contribution is 0.624. The second-order valence-corrected chi connectivity index (χ2v) is 2.85. The summed E-state index contributed by atoms with van der Waals surface area (Å²) in [6.07, 6.45) is 1.61. The molecule has 1 aliphatic rings. The minimum absolute atomic E-state index is 0.214. The number of halogens is 1. The third kappa shape index (κ3) is 0.897. The SMILES string of the molecule is N/N=C1\CCc2cccc(F)c21. The Labute approximate surface area is 69.9 Å². The molecule has 3 heteroatoms. The fraction of sp³-hybridized carbons (Fsp3) is 0.222. The van der Waals surface area contributed by atoms with Crippen molar-refractivity contribution >= 4 is 5.71 Å². The van der Waals surface area contributed by atoms with Crippen LogP contribution in [0.3, 0.4) is 0 Å². The molecule has 1 aromatic carbocycles. The summed E-state index contributed by atoms with van der Waals surface area (Å²) in [6.45, 7) is 0. The van der Waals surface area contributed by atoms with E-state index in [0.717, 1.165) is 18.4 Å². The molecule has 1 aromatic rings. The highest BCUT2D eigenvalue weighted by Crippen LogP contribution is 2.24. The second kappa shape index (κ2) is 2.59. The second-order valence-electron chi connectivity index (χ2n) is 2.85. The molecule has 0 bridgehead atoms. The molecule has 0 radical (unpaired) electrons. The Kier molecular flexibility index (Phi) is 1.57. The van der Waals surface area contributed by atoms with Gasteiger partial charge in [-0.1, -0.05) is 12.1 Å². The highest BCUT2D eigenvalue weighted by atomic mass is 19.1. The molecule has 2 N–H and O–H groups in total. The highest BCUT2D eigenvalue weighted by molar-refractivity contribution is 6.04. The molecular formula is C9H9FN2. The molecule has 0 saturated carbocycles. The summed E-state index contributed by atoms with van der Waals surface area (Å²) in [7, 11) is 0. The predicted octanol–water partition coefficient (Wildman–Crippen LogP) is 1.43. The lowest BCUT2D eigenvalue weighted by Crippen LogP contribution is -2.01. The first-order valence-electron chi connectivity index (χ1n) is 3.87. The number of benzene rings is 1. The summed E-state index contributed by atoms with van der Waals surface area (Å²) in [5.74, 6) is 4.93. The Morgan fingerprint density at radius 3 is 2.92 bits per heavy atom. The zero-order valence-corrected chi connectivity index (χ0v) is 6.55. The summed E-state index contributed by atoms with van der Waals surface area (Å²) in [5.41, 5.74) is 2.31. The first kappa shape index (κ1) is 7.28. The molecule has 0 heterocycles. The average Bonchev–Trinajstić information content (AvgIpc) is 2.49. The number of fused-ring (bicyclic) bond motifs is 1. The van der Waals surface area contributed by atoms with Gasteiger partial charge in [0.25, 0.3) is 0 Å². The van der Waals surface area contributed by atoms with E-state index in [1.165, 1.54) is 6.07 Å². The van der Waals surface area contributed by atoms with E-state index >= 15 is 0 Å². The van der Waals surface area contributed by atoms with Crippen molar-refractivity contribution in [3.05, 3.63) is 35.1 Å². The highest BCUT2D eigenvalue weighted by Gasteiger charge is 2.20. The van der Waals surface area contributed by atoms with Crippen LogP contribution < -0.4 is 5.84 Å². The van der Waals surface area contributed by atoms with E-state index in [9.17, 15) is 4.39 Å². The van der Waals surface area contributed by atoms with Gasteiger partial charge in [-0.05, 0) is 24.5 Å². The van der Waals surface area contributed by atoms with Crippen LogP contribution >= 0.6 is 0 Å². The Bertz CT molecular complexity index is 344. The molecular weight excluding hydrogens is 155 g/mol. The predicted molar refractivity (Wildman–Crippen MR) is 45.4 cm³/mol. The summed E-state index contributed by atoms with van der Waals surface area (Å²) in [6, 6.07) is 5.07. The van der Waals surface area contributed by atoms with E-state index < -0.39 is 0 Å². The van der Waals surface area contributed by atoms with E-state index in [1.54, 1.807) is 6.07 Å². The maximum Gasteiger partial charge on any atom is 0.132 e. The molecule has 0 fully saturated rings. The molecule has 0 spiro atoms. The van der Waals surface area contributed by atoms with Crippen molar-refractivity contribution in [2.75, 3.05) is 0 Å². The van der Waals surface area contributed by atoms with Crippen molar-refractivity contribution in [1.82, 2.24) is 0 Å². The normalized spacial score (nSPS) is 18.2. The number of hydrogen-bond acceptors (Lipinski definition) is 2. The number of nitrogens with zero attached hydrogens (tertiary/aromatic N) is 1.